The molecule has 28 heavy (non-hydrogen) atoms. The Morgan fingerprint density at radius 2 is 2.04 bits per heavy atom. The van der Waals surface area contributed by atoms with E-state index >= 15 is 0 Å². The van der Waals surface area contributed by atoms with Crippen molar-refractivity contribution in [2.75, 3.05) is 7.11 Å². The number of amides is 1. The van der Waals surface area contributed by atoms with Gasteiger partial charge in [-0.1, -0.05) is 13.8 Å². The number of ether oxygens (including phenoxy) is 1. The number of halogens is 1. The third kappa shape index (κ3) is 2.66. The van der Waals surface area contributed by atoms with Gasteiger partial charge in [0.15, 0.2) is 11.6 Å². The van der Waals surface area contributed by atoms with Gasteiger partial charge < -0.3 is 14.6 Å². The highest BCUT2D eigenvalue weighted by atomic mass is 19.1. The molecule has 1 aromatic heterocycles. The molecule has 2 saturated heterocycles. The van der Waals surface area contributed by atoms with Gasteiger partial charge in [0.25, 0.3) is 0 Å². The second-order valence-electron chi connectivity index (χ2n) is 9.72. The van der Waals surface area contributed by atoms with Crippen LogP contribution in [-0.2, 0) is 4.79 Å². The van der Waals surface area contributed by atoms with Crippen LogP contribution in [0.2, 0.25) is 0 Å². The standard InChI is InChI=1S/C23H29FN2O2/c1-13(17-12-25-18-4-5-19(28-3)22(24)21(17)18)6-20(27)26-15-7-14-8-16(26)11-23(2,9-14)10-15/h4-5,12-16,25H,6-11H2,1-3H3. The molecule has 0 spiro atoms. The fraction of sp³-hybridized carbons (Fsp3) is 0.609. The Bertz CT molecular complexity index is 920. The average molecular weight is 384 g/mol. The number of piperidine rings is 2. The first-order chi connectivity index (χ1) is 13.4. The minimum absolute atomic E-state index is 0.0457. The molecule has 6 rings (SSSR count). The molecule has 1 aromatic carbocycles. The minimum atomic E-state index is -0.349. The molecule has 4 fully saturated rings. The van der Waals surface area contributed by atoms with Crippen LogP contribution < -0.4 is 4.74 Å². The molecule has 2 aliphatic heterocycles. The van der Waals surface area contributed by atoms with Crippen molar-refractivity contribution < 1.29 is 13.9 Å². The van der Waals surface area contributed by atoms with Crippen molar-refractivity contribution in [2.45, 2.75) is 70.4 Å². The molecule has 2 saturated carbocycles. The number of H-pyrrole nitrogens is 1. The van der Waals surface area contributed by atoms with Crippen LogP contribution >= 0.6 is 0 Å². The number of rotatable bonds is 4. The molecule has 2 aromatic rings. The van der Waals surface area contributed by atoms with Crippen LogP contribution in [0.25, 0.3) is 10.9 Å². The van der Waals surface area contributed by atoms with Crippen LogP contribution in [0.4, 0.5) is 4.39 Å². The maximum absolute atomic E-state index is 14.9. The van der Waals surface area contributed by atoms with Crippen molar-refractivity contribution in [3.05, 3.63) is 29.7 Å². The van der Waals surface area contributed by atoms with Gasteiger partial charge in [0.2, 0.25) is 5.91 Å². The van der Waals surface area contributed by atoms with Gasteiger partial charge in [-0.05, 0) is 67.1 Å². The van der Waals surface area contributed by atoms with Crippen LogP contribution in [0, 0.1) is 17.2 Å². The van der Waals surface area contributed by atoms with E-state index in [4.69, 9.17) is 4.74 Å². The van der Waals surface area contributed by atoms with Crippen molar-refractivity contribution in [3.63, 3.8) is 0 Å². The van der Waals surface area contributed by atoms with E-state index in [1.54, 1.807) is 6.07 Å². The monoisotopic (exact) mass is 384 g/mol. The van der Waals surface area contributed by atoms with E-state index in [1.165, 1.54) is 26.4 Å². The summed E-state index contributed by atoms with van der Waals surface area (Å²) < 4.78 is 20.0. The number of carbonyl (C=O) groups is 1. The molecule has 4 bridgehead atoms. The van der Waals surface area contributed by atoms with Crippen LogP contribution in [-0.4, -0.2) is 35.0 Å². The van der Waals surface area contributed by atoms with E-state index in [0.717, 1.165) is 29.8 Å². The lowest BCUT2D eigenvalue weighted by Gasteiger charge is -2.61. The number of nitrogens with one attached hydrogen (secondary N) is 1. The highest BCUT2D eigenvalue weighted by molar-refractivity contribution is 5.87. The van der Waals surface area contributed by atoms with E-state index in [1.807, 2.05) is 19.2 Å². The van der Waals surface area contributed by atoms with E-state index in [2.05, 4.69) is 16.8 Å². The second kappa shape index (κ2) is 6.23. The van der Waals surface area contributed by atoms with Gasteiger partial charge in [0.1, 0.15) is 0 Å². The number of methoxy groups -OCH3 is 1. The number of aromatic nitrogens is 1. The third-order valence-electron chi connectivity index (χ3n) is 7.53. The molecular weight excluding hydrogens is 355 g/mol. The summed E-state index contributed by atoms with van der Waals surface area (Å²) >= 11 is 0. The van der Waals surface area contributed by atoms with E-state index in [-0.39, 0.29) is 23.4 Å². The summed E-state index contributed by atoms with van der Waals surface area (Å²) in [5.74, 6) is 0.889. The largest absolute Gasteiger partial charge is 0.494 e. The first-order valence-corrected chi connectivity index (χ1v) is 10.5. The molecule has 3 unspecified atom stereocenters. The number of nitrogens with zero attached hydrogens (tertiary/aromatic N) is 1. The number of hydrogen-bond acceptors (Lipinski definition) is 2. The molecule has 2 aliphatic carbocycles. The zero-order valence-corrected chi connectivity index (χ0v) is 16.9. The molecule has 3 heterocycles. The lowest BCUT2D eigenvalue weighted by molar-refractivity contribution is -0.156. The summed E-state index contributed by atoms with van der Waals surface area (Å²) in [5.41, 5.74) is 2.04. The highest BCUT2D eigenvalue weighted by Crippen LogP contribution is 2.56. The molecule has 5 heteroatoms. The van der Waals surface area contributed by atoms with E-state index in [0.29, 0.717) is 29.3 Å². The Kier molecular flexibility index (Phi) is 4.01. The predicted molar refractivity (Wildman–Crippen MR) is 107 cm³/mol. The van der Waals surface area contributed by atoms with Gasteiger partial charge in [0, 0.05) is 35.6 Å². The molecule has 4 aliphatic rings. The van der Waals surface area contributed by atoms with Crippen molar-refractivity contribution in [1.29, 1.82) is 0 Å². The molecule has 150 valence electrons. The molecule has 1 amide bonds. The summed E-state index contributed by atoms with van der Waals surface area (Å²) in [4.78, 5) is 18.6. The summed E-state index contributed by atoms with van der Waals surface area (Å²) in [7, 11) is 1.48. The lowest BCUT2D eigenvalue weighted by Crippen LogP contribution is -2.62. The number of fused-ring (bicyclic) bond motifs is 1. The topological polar surface area (TPSA) is 45.3 Å². The normalized spacial score (nSPS) is 32.1. The number of aromatic amines is 1. The first kappa shape index (κ1) is 18.0. The maximum Gasteiger partial charge on any atom is 0.223 e. The Morgan fingerprint density at radius 1 is 1.32 bits per heavy atom. The molecule has 1 N–H and O–H groups in total. The molecular formula is C23H29FN2O2. The molecule has 4 nitrogen and oxygen atoms in total. The Hall–Kier alpha value is -2.04. The quantitative estimate of drug-likeness (QED) is 0.807. The summed E-state index contributed by atoms with van der Waals surface area (Å²) in [6.07, 6.45) is 8.26. The van der Waals surface area contributed by atoms with Crippen molar-refractivity contribution in [2.24, 2.45) is 11.3 Å². The fourth-order valence-corrected chi connectivity index (χ4v) is 6.62. The van der Waals surface area contributed by atoms with Gasteiger partial charge in [-0.25, -0.2) is 4.39 Å². The Labute approximate surface area is 165 Å². The van der Waals surface area contributed by atoms with E-state index < -0.39 is 0 Å². The predicted octanol–water partition coefficient (Wildman–Crippen LogP) is 4.99. The van der Waals surface area contributed by atoms with Gasteiger partial charge >= 0.3 is 0 Å². The summed E-state index contributed by atoms with van der Waals surface area (Å²) in [5, 5.41) is 0.548. The third-order valence-corrected chi connectivity index (χ3v) is 7.53. The van der Waals surface area contributed by atoms with Gasteiger partial charge in [-0.3, -0.25) is 4.79 Å². The summed E-state index contributed by atoms with van der Waals surface area (Å²) in [6, 6.07) is 4.29. The van der Waals surface area contributed by atoms with Crippen molar-refractivity contribution >= 4 is 16.8 Å². The number of carbonyl (C=O) groups excluding carboxylic acids is 1. The average Bonchev–Trinajstić information content (AvgIpc) is 3.05. The van der Waals surface area contributed by atoms with Crippen molar-refractivity contribution in [1.82, 2.24) is 9.88 Å². The summed E-state index contributed by atoms with van der Waals surface area (Å²) in [6.45, 7) is 4.43. The zero-order valence-electron chi connectivity index (χ0n) is 16.9. The van der Waals surface area contributed by atoms with Crippen LogP contribution in [0.3, 0.4) is 0 Å². The van der Waals surface area contributed by atoms with Crippen LogP contribution in [0.5, 0.6) is 5.75 Å². The highest BCUT2D eigenvalue weighted by Gasteiger charge is 2.53. The van der Waals surface area contributed by atoms with Gasteiger partial charge in [-0.15, -0.1) is 0 Å². The zero-order chi connectivity index (χ0) is 19.6. The molecule has 0 radical (unpaired) electrons. The van der Waals surface area contributed by atoms with Gasteiger partial charge in [0.05, 0.1) is 7.11 Å². The second-order valence-corrected chi connectivity index (χ2v) is 9.72. The van der Waals surface area contributed by atoms with Crippen LogP contribution in [0.15, 0.2) is 18.3 Å². The fourth-order valence-electron chi connectivity index (χ4n) is 6.62. The molecule has 3 atom stereocenters. The van der Waals surface area contributed by atoms with E-state index in [9.17, 15) is 9.18 Å². The Morgan fingerprint density at radius 3 is 2.68 bits per heavy atom. The van der Waals surface area contributed by atoms with Crippen molar-refractivity contribution in [3.8, 4) is 5.75 Å². The minimum Gasteiger partial charge on any atom is -0.494 e. The van der Waals surface area contributed by atoms with Crippen LogP contribution in [0.1, 0.15) is 63.9 Å². The maximum atomic E-state index is 14.9. The first-order valence-electron chi connectivity index (χ1n) is 10.5. The number of benzene rings is 1. The van der Waals surface area contributed by atoms with Gasteiger partial charge in [-0.2, -0.15) is 0 Å². The lowest BCUT2D eigenvalue weighted by atomic mass is 9.56. The Balaban J connectivity index is 1.38. The SMILES string of the molecule is COc1ccc2[nH]cc(C(C)CC(=O)N3C4CC5CC3CC(C)(C5)C4)c2c1F. The number of hydrogen-bond donors (Lipinski definition) is 1. The smallest absolute Gasteiger partial charge is 0.223 e.